The number of imide groups is 2. The first-order valence-corrected chi connectivity index (χ1v) is 11.9. The Labute approximate surface area is 215 Å². The van der Waals surface area contributed by atoms with Gasteiger partial charge in [-0.1, -0.05) is 24.3 Å². The number of benzene rings is 3. The summed E-state index contributed by atoms with van der Waals surface area (Å²) in [6.45, 7) is 4.17. The van der Waals surface area contributed by atoms with Crippen molar-refractivity contribution in [3.05, 3.63) is 93.2 Å². The lowest BCUT2D eigenvalue weighted by atomic mass is 10.1. The third kappa shape index (κ3) is 5.46. The maximum absolute atomic E-state index is 13.2. The van der Waals surface area contributed by atoms with Crippen LogP contribution >= 0.6 is 15.9 Å². The number of urea groups is 1. The quantitative estimate of drug-likeness (QED) is 0.307. The Kier molecular flexibility index (Phi) is 7.49. The van der Waals surface area contributed by atoms with E-state index in [1.807, 2.05) is 19.9 Å². The molecule has 1 fully saturated rings. The zero-order chi connectivity index (χ0) is 25.8. The maximum atomic E-state index is 13.2. The van der Waals surface area contributed by atoms with E-state index < -0.39 is 17.8 Å². The van der Waals surface area contributed by atoms with Gasteiger partial charge in [0.15, 0.2) is 11.5 Å². The summed E-state index contributed by atoms with van der Waals surface area (Å²) in [5, 5.41) is 2.22. The lowest BCUT2D eigenvalue weighted by molar-refractivity contribution is -0.122. The fourth-order valence-corrected chi connectivity index (χ4v) is 4.21. The van der Waals surface area contributed by atoms with Crippen LogP contribution in [-0.2, 0) is 16.2 Å². The largest absolute Gasteiger partial charge is 0.490 e. The molecule has 4 amide bonds. The Balaban J connectivity index is 1.66. The molecule has 0 spiro atoms. The predicted octanol–water partition coefficient (Wildman–Crippen LogP) is 5.54. The van der Waals surface area contributed by atoms with Gasteiger partial charge in [0, 0.05) is 0 Å². The summed E-state index contributed by atoms with van der Waals surface area (Å²) < 4.78 is 25.4. The van der Waals surface area contributed by atoms with Gasteiger partial charge in [-0.3, -0.25) is 14.9 Å². The number of barbiturate groups is 1. The highest BCUT2D eigenvalue weighted by Crippen LogP contribution is 2.38. The average molecular weight is 553 g/mol. The number of nitrogens with zero attached hydrogens (tertiary/aromatic N) is 1. The number of amides is 4. The van der Waals surface area contributed by atoms with Gasteiger partial charge in [-0.2, -0.15) is 0 Å². The SMILES string of the molecule is CCOc1cc(/C=C2\C(=O)NC(=O)N(c3cccc(C)c3)C2=O)cc(Br)c1OCc1ccc(F)cc1. The van der Waals surface area contributed by atoms with Gasteiger partial charge in [0.2, 0.25) is 0 Å². The first-order chi connectivity index (χ1) is 17.3. The number of rotatable bonds is 7. The van der Waals surface area contributed by atoms with Crippen LogP contribution in [0, 0.1) is 12.7 Å². The maximum Gasteiger partial charge on any atom is 0.335 e. The molecule has 0 aromatic heterocycles. The molecule has 0 bridgehead atoms. The van der Waals surface area contributed by atoms with Crippen LogP contribution < -0.4 is 19.7 Å². The van der Waals surface area contributed by atoms with E-state index in [1.54, 1.807) is 42.5 Å². The third-order valence-electron chi connectivity index (χ3n) is 5.30. The molecular weight excluding hydrogens is 531 g/mol. The minimum absolute atomic E-state index is 0.174. The summed E-state index contributed by atoms with van der Waals surface area (Å²) in [5.74, 6) is -1.06. The lowest BCUT2D eigenvalue weighted by Crippen LogP contribution is -2.54. The van der Waals surface area contributed by atoms with Gasteiger partial charge in [0.25, 0.3) is 11.8 Å². The molecule has 1 N–H and O–H groups in total. The third-order valence-corrected chi connectivity index (χ3v) is 5.89. The van der Waals surface area contributed by atoms with Crippen LogP contribution in [0.2, 0.25) is 0 Å². The molecule has 1 saturated heterocycles. The number of ether oxygens (including phenoxy) is 2. The Morgan fingerprint density at radius 3 is 2.47 bits per heavy atom. The number of hydrogen-bond donors (Lipinski definition) is 1. The molecule has 3 aromatic carbocycles. The number of carbonyl (C=O) groups is 3. The first-order valence-electron chi connectivity index (χ1n) is 11.1. The van der Waals surface area contributed by atoms with E-state index in [9.17, 15) is 18.8 Å². The van der Waals surface area contributed by atoms with Crippen molar-refractivity contribution >= 4 is 45.5 Å². The van der Waals surface area contributed by atoms with Gasteiger partial charge in [-0.05, 0) is 88.9 Å². The van der Waals surface area contributed by atoms with Gasteiger partial charge in [0.1, 0.15) is 18.0 Å². The van der Waals surface area contributed by atoms with E-state index in [0.717, 1.165) is 16.0 Å². The van der Waals surface area contributed by atoms with Gasteiger partial charge in [-0.15, -0.1) is 0 Å². The second kappa shape index (κ2) is 10.7. The molecule has 1 aliphatic heterocycles. The molecule has 7 nitrogen and oxygen atoms in total. The molecule has 0 saturated carbocycles. The normalized spacial score (nSPS) is 14.7. The molecule has 0 atom stereocenters. The summed E-state index contributed by atoms with van der Waals surface area (Å²) in [6, 6.07) is 15.3. The highest BCUT2D eigenvalue weighted by molar-refractivity contribution is 9.10. The standard InChI is InChI=1S/C27H22BrFN2O5/c1-3-35-23-14-18(13-22(28)24(23)36-15-17-7-9-19(29)10-8-17)12-21-25(32)30-27(34)31(26(21)33)20-6-4-5-16(2)11-20/h4-14H,3,15H2,1-2H3,(H,30,32,34)/b21-12+. The average Bonchev–Trinajstić information content (AvgIpc) is 2.82. The van der Waals surface area contributed by atoms with Crippen LogP contribution in [0.5, 0.6) is 11.5 Å². The Hall–Kier alpha value is -3.98. The zero-order valence-electron chi connectivity index (χ0n) is 19.5. The summed E-state index contributed by atoms with van der Waals surface area (Å²) in [6.07, 6.45) is 1.39. The van der Waals surface area contributed by atoms with E-state index in [1.165, 1.54) is 18.2 Å². The number of aryl methyl sites for hydroxylation is 1. The molecule has 1 aliphatic rings. The van der Waals surface area contributed by atoms with E-state index >= 15 is 0 Å². The van der Waals surface area contributed by atoms with Crippen LogP contribution in [0.25, 0.3) is 6.08 Å². The van der Waals surface area contributed by atoms with Crippen molar-refractivity contribution in [2.45, 2.75) is 20.5 Å². The molecule has 0 unspecified atom stereocenters. The Morgan fingerprint density at radius 1 is 1.03 bits per heavy atom. The van der Waals surface area contributed by atoms with Crippen molar-refractivity contribution in [1.29, 1.82) is 0 Å². The molecular formula is C27H22BrFN2O5. The molecule has 184 valence electrons. The predicted molar refractivity (Wildman–Crippen MR) is 136 cm³/mol. The van der Waals surface area contributed by atoms with E-state index in [0.29, 0.717) is 33.8 Å². The Bertz CT molecular complexity index is 1370. The van der Waals surface area contributed by atoms with Crippen molar-refractivity contribution in [1.82, 2.24) is 5.32 Å². The van der Waals surface area contributed by atoms with Crippen LogP contribution in [-0.4, -0.2) is 24.5 Å². The number of nitrogens with one attached hydrogen (secondary N) is 1. The van der Waals surface area contributed by atoms with E-state index in [2.05, 4.69) is 21.2 Å². The van der Waals surface area contributed by atoms with Crippen LogP contribution in [0.15, 0.2) is 70.7 Å². The summed E-state index contributed by atoms with van der Waals surface area (Å²) >= 11 is 3.47. The minimum Gasteiger partial charge on any atom is -0.490 e. The van der Waals surface area contributed by atoms with Crippen molar-refractivity contribution in [3.63, 3.8) is 0 Å². The fraction of sp³-hybridized carbons (Fsp3) is 0.148. The fourth-order valence-electron chi connectivity index (χ4n) is 3.64. The van der Waals surface area contributed by atoms with Crippen LogP contribution in [0.1, 0.15) is 23.6 Å². The van der Waals surface area contributed by atoms with Crippen LogP contribution in [0.3, 0.4) is 0 Å². The smallest absolute Gasteiger partial charge is 0.335 e. The monoisotopic (exact) mass is 552 g/mol. The van der Waals surface area contributed by atoms with Gasteiger partial charge in [-0.25, -0.2) is 14.1 Å². The molecule has 0 radical (unpaired) electrons. The second-order valence-electron chi connectivity index (χ2n) is 7.97. The van der Waals surface area contributed by atoms with Crippen LogP contribution in [0.4, 0.5) is 14.9 Å². The first kappa shape index (κ1) is 25.1. The summed E-state index contributed by atoms with van der Waals surface area (Å²) in [7, 11) is 0. The number of halogens is 2. The molecule has 3 aromatic rings. The second-order valence-corrected chi connectivity index (χ2v) is 8.83. The highest BCUT2D eigenvalue weighted by atomic mass is 79.9. The molecule has 4 rings (SSSR count). The number of hydrogen-bond acceptors (Lipinski definition) is 5. The number of carbonyl (C=O) groups excluding carboxylic acids is 3. The van der Waals surface area contributed by atoms with Crippen molar-refractivity contribution in [3.8, 4) is 11.5 Å². The summed E-state index contributed by atoms with van der Waals surface area (Å²) in [4.78, 5) is 39.1. The highest BCUT2D eigenvalue weighted by Gasteiger charge is 2.36. The Morgan fingerprint density at radius 2 is 1.78 bits per heavy atom. The molecule has 36 heavy (non-hydrogen) atoms. The number of anilines is 1. The van der Waals surface area contributed by atoms with Crippen molar-refractivity contribution in [2.75, 3.05) is 11.5 Å². The lowest BCUT2D eigenvalue weighted by Gasteiger charge is -2.26. The topological polar surface area (TPSA) is 84.9 Å². The van der Waals surface area contributed by atoms with Crippen molar-refractivity contribution < 1.29 is 28.2 Å². The molecule has 1 heterocycles. The minimum atomic E-state index is -0.812. The zero-order valence-corrected chi connectivity index (χ0v) is 21.1. The van der Waals surface area contributed by atoms with E-state index in [-0.39, 0.29) is 18.0 Å². The molecule has 9 heteroatoms. The van der Waals surface area contributed by atoms with Gasteiger partial charge in [0.05, 0.1) is 16.8 Å². The van der Waals surface area contributed by atoms with Crippen molar-refractivity contribution in [2.24, 2.45) is 0 Å². The van der Waals surface area contributed by atoms with Gasteiger partial charge >= 0.3 is 6.03 Å². The van der Waals surface area contributed by atoms with E-state index in [4.69, 9.17) is 9.47 Å². The van der Waals surface area contributed by atoms with Gasteiger partial charge < -0.3 is 9.47 Å². The summed E-state index contributed by atoms with van der Waals surface area (Å²) in [5.41, 5.74) is 2.26. The molecule has 0 aliphatic carbocycles.